The molecule has 1 N–H and O–H groups in total. The fourth-order valence-corrected chi connectivity index (χ4v) is 3.49. The van der Waals surface area contributed by atoms with Crippen LogP contribution in [-0.2, 0) is 4.79 Å². The lowest BCUT2D eigenvalue weighted by Crippen LogP contribution is -2.26. The van der Waals surface area contributed by atoms with Crippen molar-refractivity contribution in [1.82, 2.24) is 4.90 Å². The van der Waals surface area contributed by atoms with Gasteiger partial charge in [-0.25, -0.2) is 4.39 Å². The molecule has 0 saturated carbocycles. The molecule has 3 nitrogen and oxygen atoms in total. The summed E-state index contributed by atoms with van der Waals surface area (Å²) in [5.74, 6) is -4.57. The number of carboxylic acid groups (broad SMARTS) is 1. The lowest BCUT2D eigenvalue weighted by Gasteiger charge is -2.24. The van der Waals surface area contributed by atoms with Crippen molar-refractivity contribution >= 4 is 29.3 Å². The Kier molecular flexibility index (Phi) is 7.54. The molecule has 1 rings (SSSR count). The van der Waals surface area contributed by atoms with E-state index in [1.165, 1.54) is 11.8 Å². The van der Waals surface area contributed by atoms with Crippen molar-refractivity contribution in [2.45, 2.75) is 24.5 Å². The van der Waals surface area contributed by atoms with Crippen molar-refractivity contribution in [3.8, 4) is 0 Å². The van der Waals surface area contributed by atoms with Crippen molar-refractivity contribution in [2.24, 2.45) is 0 Å². The normalized spacial score (nSPS) is 20.5. The van der Waals surface area contributed by atoms with Gasteiger partial charge in [0.1, 0.15) is 0 Å². The fourth-order valence-electron chi connectivity index (χ4n) is 2.24. The molecule has 0 bridgehead atoms. The smallest absolute Gasteiger partial charge is 0.313 e. The minimum atomic E-state index is -3.68. The van der Waals surface area contributed by atoms with E-state index in [1.54, 1.807) is 6.92 Å². The second-order valence-corrected chi connectivity index (χ2v) is 6.78. The predicted octanol–water partition coefficient (Wildman–Crippen LogP) is 4.07. The third-order valence-corrected chi connectivity index (χ3v) is 5.21. The number of carboxylic acids is 1. The number of aliphatic carboxylic acids is 1. The predicted molar refractivity (Wildman–Crippen MR) is 87.8 cm³/mol. The van der Waals surface area contributed by atoms with Crippen LogP contribution in [0.15, 0.2) is 35.0 Å². The van der Waals surface area contributed by atoms with Crippen LogP contribution in [0.3, 0.4) is 0 Å². The number of likely N-dealkylation sites (tertiary alicyclic amines) is 1. The second-order valence-electron chi connectivity index (χ2n) is 5.11. The van der Waals surface area contributed by atoms with Crippen molar-refractivity contribution in [3.63, 3.8) is 0 Å². The first-order valence-corrected chi connectivity index (χ1v) is 8.37. The number of alkyl halides is 3. The molecular weight excluding hydrogens is 351 g/mol. The summed E-state index contributed by atoms with van der Waals surface area (Å²) in [7, 11) is 0. The lowest BCUT2D eigenvalue weighted by atomic mass is 10.1. The van der Waals surface area contributed by atoms with Crippen LogP contribution in [0.5, 0.6) is 0 Å². The van der Waals surface area contributed by atoms with Gasteiger partial charge < -0.3 is 10.0 Å². The molecule has 0 aliphatic carbocycles. The van der Waals surface area contributed by atoms with E-state index in [0.29, 0.717) is 18.8 Å². The highest BCUT2D eigenvalue weighted by Gasteiger charge is 2.37. The second kappa shape index (κ2) is 8.68. The van der Waals surface area contributed by atoms with Crippen LogP contribution in [-0.4, -0.2) is 52.7 Å². The molecule has 0 aromatic carbocycles. The topological polar surface area (TPSA) is 40.5 Å². The van der Waals surface area contributed by atoms with E-state index in [0.717, 1.165) is 18.6 Å². The minimum Gasteiger partial charge on any atom is -0.481 e. The SMILES string of the molecule is C=C/C=C(\C(Cl)=C(/C)N1CCC(SCC(=O)O)C1)C(F)(F)CF. The Balaban J connectivity index is 2.90. The van der Waals surface area contributed by atoms with Gasteiger partial charge in [0.2, 0.25) is 0 Å². The third kappa shape index (κ3) is 5.49. The van der Waals surface area contributed by atoms with Crippen LogP contribution in [0.1, 0.15) is 13.3 Å². The van der Waals surface area contributed by atoms with Gasteiger partial charge in [0.25, 0.3) is 0 Å². The van der Waals surface area contributed by atoms with Crippen LogP contribution in [0.25, 0.3) is 0 Å². The summed E-state index contributed by atoms with van der Waals surface area (Å²) in [6.45, 7) is 4.21. The molecule has 8 heteroatoms. The Hall–Kier alpha value is -1.08. The largest absolute Gasteiger partial charge is 0.481 e. The Morgan fingerprint density at radius 3 is 2.74 bits per heavy atom. The molecule has 1 unspecified atom stereocenters. The third-order valence-electron chi connectivity index (χ3n) is 3.46. The van der Waals surface area contributed by atoms with Gasteiger partial charge in [-0.15, -0.1) is 11.8 Å². The van der Waals surface area contributed by atoms with Crippen molar-refractivity contribution in [2.75, 3.05) is 25.5 Å². The summed E-state index contributed by atoms with van der Waals surface area (Å²) < 4.78 is 40.0. The maximum atomic E-state index is 13.7. The molecule has 0 radical (unpaired) electrons. The molecule has 1 saturated heterocycles. The number of halogens is 4. The maximum Gasteiger partial charge on any atom is 0.313 e. The van der Waals surface area contributed by atoms with Crippen LogP contribution in [0.4, 0.5) is 13.2 Å². The fraction of sp³-hybridized carbons (Fsp3) is 0.533. The average molecular weight is 370 g/mol. The number of rotatable bonds is 8. The summed E-state index contributed by atoms with van der Waals surface area (Å²) in [5.41, 5.74) is -0.179. The molecule has 130 valence electrons. The Morgan fingerprint density at radius 2 is 2.22 bits per heavy atom. The van der Waals surface area contributed by atoms with Gasteiger partial charge in [-0.05, 0) is 13.3 Å². The maximum absolute atomic E-state index is 13.7. The van der Waals surface area contributed by atoms with Gasteiger partial charge in [0.15, 0.2) is 6.67 Å². The van der Waals surface area contributed by atoms with Crippen molar-refractivity contribution < 1.29 is 23.1 Å². The summed E-state index contributed by atoms with van der Waals surface area (Å²) in [6.07, 6.45) is 2.89. The van der Waals surface area contributed by atoms with Crippen molar-refractivity contribution in [3.05, 3.63) is 35.0 Å². The monoisotopic (exact) mass is 369 g/mol. The van der Waals surface area contributed by atoms with E-state index in [1.807, 2.05) is 4.90 Å². The molecule has 0 spiro atoms. The zero-order valence-corrected chi connectivity index (χ0v) is 14.3. The lowest BCUT2D eigenvalue weighted by molar-refractivity contribution is -0.133. The number of allylic oxidation sites excluding steroid dienone is 5. The molecular formula is C15H19ClF3NO2S. The van der Waals surface area contributed by atoms with E-state index >= 15 is 0 Å². The summed E-state index contributed by atoms with van der Waals surface area (Å²) >= 11 is 7.38. The molecule has 1 atom stereocenters. The average Bonchev–Trinajstić information content (AvgIpc) is 2.97. The van der Waals surface area contributed by atoms with Crippen molar-refractivity contribution in [1.29, 1.82) is 0 Å². The highest BCUT2D eigenvalue weighted by Crippen LogP contribution is 2.36. The van der Waals surface area contributed by atoms with Gasteiger partial charge in [-0.2, -0.15) is 8.78 Å². The number of hydrogen-bond donors (Lipinski definition) is 1. The molecule has 0 aromatic heterocycles. The first-order valence-electron chi connectivity index (χ1n) is 6.95. The van der Waals surface area contributed by atoms with Crippen LogP contribution in [0, 0.1) is 0 Å². The molecule has 23 heavy (non-hydrogen) atoms. The van der Waals surface area contributed by atoms with Crippen LogP contribution < -0.4 is 0 Å². The van der Waals surface area contributed by atoms with E-state index in [4.69, 9.17) is 16.7 Å². The molecule has 1 heterocycles. The Bertz CT molecular complexity index is 523. The van der Waals surface area contributed by atoms with Gasteiger partial charge in [0.05, 0.1) is 10.8 Å². The highest BCUT2D eigenvalue weighted by atomic mass is 35.5. The van der Waals surface area contributed by atoms with Gasteiger partial charge in [0, 0.05) is 29.6 Å². The zero-order valence-electron chi connectivity index (χ0n) is 12.7. The minimum absolute atomic E-state index is 0.00343. The molecule has 1 aliphatic rings. The first kappa shape index (κ1) is 20.0. The van der Waals surface area contributed by atoms with E-state index in [9.17, 15) is 18.0 Å². The molecule has 1 fully saturated rings. The molecule has 0 aromatic rings. The summed E-state index contributed by atoms with van der Waals surface area (Å²) in [6, 6.07) is 0. The zero-order chi connectivity index (χ0) is 17.6. The number of nitrogens with zero attached hydrogens (tertiary/aromatic N) is 1. The number of thioether (sulfide) groups is 1. The number of carbonyl (C=O) groups is 1. The standard InChI is InChI=1S/C15H19ClF3NO2S/c1-3-4-12(15(18,19)9-17)14(16)10(2)20-6-5-11(7-20)23-8-13(21)22/h3-4,11H,1,5-9H2,2H3,(H,21,22)/b12-4+,14-10-. The Morgan fingerprint density at radius 1 is 1.57 bits per heavy atom. The molecule has 1 aliphatic heterocycles. The van der Waals surface area contributed by atoms with Crippen LogP contribution >= 0.6 is 23.4 Å². The summed E-state index contributed by atoms with van der Waals surface area (Å²) in [4.78, 5) is 12.4. The van der Waals surface area contributed by atoms with Gasteiger partial charge >= 0.3 is 11.9 Å². The van der Waals surface area contributed by atoms with Gasteiger partial charge in [-0.1, -0.05) is 30.3 Å². The first-order chi connectivity index (χ1) is 10.7. The quantitative estimate of drug-likeness (QED) is 0.655. The summed E-state index contributed by atoms with van der Waals surface area (Å²) in [5, 5.41) is 8.58. The van der Waals surface area contributed by atoms with E-state index < -0.39 is 24.1 Å². The van der Waals surface area contributed by atoms with E-state index in [2.05, 4.69) is 6.58 Å². The Labute approximate surface area is 142 Å². The van der Waals surface area contributed by atoms with Crippen LogP contribution in [0.2, 0.25) is 0 Å². The van der Waals surface area contributed by atoms with Gasteiger partial charge in [-0.3, -0.25) is 4.79 Å². The number of hydrogen-bond acceptors (Lipinski definition) is 3. The molecule has 0 amide bonds. The highest BCUT2D eigenvalue weighted by molar-refractivity contribution is 8.00. The van der Waals surface area contributed by atoms with E-state index in [-0.39, 0.29) is 16.0 Å².